The average molecular weight is 881 g/mol. The van der Waals surface area contributed by atoms with Crippen molar-refractivity contribution in [3.05, 3.63) is 109 Å². The molecule has 0 radical (unpaired) electrons. The molecular weight excluding hydrogens is 793 g/mol. The van der Waals surface area contributed by atoms with Gasteiger partial charge in [-0.05, 0) is 96.3 Å². The first-order valence-electron chi connectivity index (χ1n) is 24.5. The first-order chi connectivity index (χ1) is 30.9. The number of allylic oxidation sites excluding steroid dienone is 18. The number of aliphatic hydroxyl groups is 4. The quantitative estimate of drug-likeness (QED) is 0.0269. The first-order valence-corrected chi connectivity index (χ1v) is 24.5. The lowest BCUT2D eigenvalue weighted by atomic mass is 9.99. The van der Waals surface area contributed by atoms with Gasteiger partial charge in [-0.15, -0.1) is 0 Å². The average Bonchev–Trinajstić information content (AvgIpc) is 3.28. The minimum atomic E-state index is -1.55. The molecule has 0 aliphatic carbocycles. The lowest BCUT2D eigenvalue weighted by Crippen LogP contribution is -2.59. The summed E-state index contributed by atoms with van der Waals surface area (Å²) >= 11 is 0. The molecule has 9 heteroatoms. The molecule has 0 spiro atoms. The molecule has 0 aromatic heterocycles. The van der Waals surface area contributed by atoms with Crippen LogP contribution in [0.1, 0.15) is 162 Å². The van der Waals surface area contributed by atoms with Crippen molar-refractivity contribution in [2.24, 2.45) is 0 Å². The van der Waals surface area contributed by atoms with Gasteiger partial charge >= 0.3 is 5.97 Å². The molecule has 6 unspecified atom stereocenters. The highest BCUT2D eigenvalue weighted by molar-refractivity contribution is 5.69. The molecule has 1 saturated heterocycles. The van der Waals surface area contributed by atoms with Crippen LogP contribution in [-0.2, 0) is 23.7 Å². The van der Waals surface area contributed by atoms with Crippen molar-refractivity contribution in [3.63, 3.8) is 0 Å². The predicted molar refractivity (Wildman–Crippen MR) is 260 cm³/mol. The van der Waals surface area contributed by atoms with Crippen molar-refractivity contribution < 1.29 is 44.2 Å². The monoisotopic (exact) mass is 881 g/mol. The van der Waals surface area contributed by atoms with Crippen molar-refractivity contribution in [1.82, 2.24) is 0 Å². The fourth-order valence-corrected chi connectivity index (χ4v) is 6.60. The van der Waals surface area contributed by atoms with Crippen LogP contribution in [0.25, 0.3) is 0 Å². The lowest BCUT2D eigenvalue weighted by Gasteiger charge is -2.39. The second kappa shape index (κ2) is 44.1. The maximum Gasteiger partial charge on any atom is 0.306 e. The summed E-state index contributed by atoms with van der Waals surface area (Å²) in [6.07, 6.45) is 55.4. The molecule has 63 heavy (non-hydrogen) atoms. The van der Waals surface area contributed by atoms with Gasteiger partial charge in [0.25, 0.3) is 0 Å². The summed E-state index contributed by atoms with van der Waals surface area (Å²) in [7, 11) is 0. The van der Waals surface area contributed by atoms with Crippen molar-refractivity contribution in [2.75, 3.05) is 26.4 Å². The Labute approximate surface area is 383 Å². The second-order valence-corrected chi connectivity index (χ2v) is 16.2. The first kappa shape index (κ1) is 57.9. The van der Waals surface area contributed by atoms with Crippen molar-refractivity contribution in [3.8, 4) is 0 Å². The van der Waals surface area contributed by atoms with Gasteiger partial charge < -0.3 is 39.4 Å². The molecule has 1 fully saturated rings. The van der Waals surface area contributed by atoms with E-state index in [2.05, 4.69) is 123 Å². The SMILES string of the molecule is CC/C=C\C/C=C\C/C=C\C/C=C\C/C=C\C/C=C\C/C=C\CCCCCC(=O)OC(COCCCCCCCC/C=C\C/C=C\CCCC)COC1OC(CO)C(O)C(O)C1O. The topological polar surface area (TPSA) is 135 Å². The third-order valence-electron chi connectivity index (χ3n) is 10.4. The van der Waals surface area contributed by atoms with Crippen LogP contribution in [0.5, 0.6) is 0 Å². The van der Waals surface area contributed by atoms with Crippen molar-refractivity contribution in [2.45, 2.75) is 198 Å². The molecule has 1 heterocycles. The minimum absolute atomic E-state index is 0.116. The largest absolute Gasteiger partial charge is 0.457 e. The molecule has 1 aliphatic rings. The van der Waals surface area contributed by atoms with E-state index in [1.54, 1.807) is 0 Å². The van der Waals surface area contributed by atoms with E-state index in [-0.39, 0.29) is 25.6 Å². The maximum atomic E-state index is 12.8. The van der Waals surface area contributed by atoms with Crippen molar-refractivity contribution >= 4 is 5.97 Å². The number of unbranched alkanes of at least 4 members (excludes halogenated alkanes) is 11. The number of ether oxygens (including phenoxy) is 4. The van der Waals surface area contributed by atoms with E-state index in [4.69, 9.17) is 18.9 Å². The Morgan fingerprint density at radius 1 is 0.524 bits per heavy atom. The Bertz CT molecular complexity index is 1320. The summed E-state index contributed by atoms with van der Waals surface area (Å²) in [5.74, 6) is -0.354. The molecule has 1 aliphatic heterocycles. The summed E-state index contributed by atoms with van der Waals surface area (Å²) in [4.78, 5) is 12.8. The Morgan fingerprint density at radius 2 is 0.968 bits per heavy atom. The van der Waals surface area contributed by atoms with E-state index in [0.29, 0.717) is 13.0 Å². The van der Waals surface area contributed by atoms with Crippen LogP contribution in [0.3, 0.4) is 0 Å². The molecule has 6 atom stereocenters. The van der Waals surface area contributed by atoms with E-state index in [0.717, 1.165) is 96.3 Å². The summed E-state index contributed by atoms with van der Waals surface area (Å²) in [5.41, 5.74) is 0. The van der Waals surface area contributed by atoms with Crippen LogP contribution in [0.2, 0.25) is 0 Å². The molecule has 1 rings (SSSR count). The van der Waals surface area contributed by atoms with Crippen LogP contribution in [0.15, 0.2) is 109 Å². The van der Waals surface area contributed by atoms with Gasteiger partial charge in [-0.2, -0.15) is 0 Å². The van der Waals surface area contributed by atoms with Crippen LogP contribution in [0, 0.1) is 0 Å². The lowest BCUT2D eigenvalue weighted by molar-refractivity contribution is -0.305. The number of hydrogen-bond acceptors (Lipinski definition) is 9. The van der Waals surface area contributed by atoms with Crippen molar-refractivity contribution in [1.29, 1.82) is 0 Å². The van der Waals surface area contributed by atoms with Crippen LogP contribution in [0.4, 0.5) is 0 Å². The Kier molecular flexibility index (Phi) is 40.5. The molecule has 0 aromatic rings. The summed E-state index contributed by atoms with van der Waals surface area (Å²) < 4.78 is 22.8. The third kappa shape index (κ3) is 34.9. The maximum absolute atomic E-state index is 12.8. The second-order valence-electron chi connectivity index (χ2n) is 16.2. The zero-order valence-corrected chi connectivity index (χ0v) is 39.3. The Morgan fingerprint density at radius 3 is 1.46 bits per heavy atom. The molecule has 0 saturated carbocycles. The Hall–Kier alpha value is -3.15. The number of esters is 1. The van der Waals surface area contributed by atoms with Gasteiger partial charge in [-0.1, -0.05) is 168 Å². The molecule has 358 valence electrons. The van der Waals surface area contributed by atoms with E-state index in [1.165, 1.54) is 38.5 Å². The standard InChI is InChI=1S/C54H88O9/c1-3-5-7-9-11-13-15-17-19-20-21-22-23-24-25-26-27-28-29-31-33-35-37-39-41-43-50(56)62-48(47-61-54-53(59)52(58)51(57)49(45-55)63-54)46-60-44-42-40-38-36-34-32-30-18-16-14-12-10-8-6-4-2/h5,7,10-13,16-19,21-22,24-25,27-28,31,33,48-49,51-55,57-59H,3-4,6,8-9,14-15,20,23,26,29-30,32,34-47H2,1-2H3/b7-5-,12-10-,13-11-,18-16-,19-17-,22-21-,25-24-,28-27-,33-31-. The fourth-order valence-electron chi connectivity index (χ4n) is 6.60. The summed E-state index contributed by atoms with van der Waals surface area (Å²) in [6, 6.07) is 0. The molecule has 9 nitrogen and oxygen atoms in total. The van der Waals surface area contributed by atoms with E-state index >= 15 is 0 Å². The highest BCUT2D eigenvalue weighted by Crippen LogP contribution is 2.22. The minimum Gasteiger partial charge on any atom is -0.457 e. The molecule has 4 N–H and O–H groups in total. The van der Waals surface area contributed by atoms with Gasteiger partial charge in [0.1, 0.15) is 30.5 Å². The molecular formula is C54H88O9. The summed E-state index contributed by atoms with van der Waals surface area (Å²) in [6.45, 7) is 4.31. The zero-order chi connectivity index (χ0) is 45.7. The van der Waals surface area contributed by atoms with Gasteiger partial charge in [0.05, 0.1) is 19.8 Å². The smallest absolute Gasteiger partial charge is 0.306 e. The van der Waals surface area contributed by atoms with Crippen LogP contribution < -0.4 is 0 Å². The fraction of sp³-hybridized carbons (Fsp3) is 0.648. The molecule has 0 bridgehead atoms. The van der Waals surface area contributed by atoms with E-state index < -0.39 is 43.4 Å². The third-order valence-corrected chi connectivity index (χ3v) is 10.4. The van der Waals surface area contributed by atoms with Gasteiger partial charge in [-0.25, -0.2) is 0 Å². The van der Waals surface area contributed by atoms with Crippen LogP contribution in [-0.4, -0.2) is 89.6 Å². The van der Waals surface area contributed by atoms with Gasteiger partial charge in [0.2, 0.25) is 0 Å². The summed E-state index contributed by atoms with van der Waals surface area (Å²) in [5, 5.41) is 40.2. The highest BCUT2D eigenvalue weighted by atomic mass is 16.7. The molecule has 0 aromatic carbocycles. The normalized spacial score (nSPS) is 20.6. The van der Waals surface area contributed by atoms with Gasteiger partial charge in [0, 0.05) is 13.0 Å². The molecule has 0 amide bonds. The number of carbonyl (C=O) groups excluding carboxylic acids is 1. The Balaban J connectivity index is 2.28. The zero-order valence-electron chi connectivity index (χ0n) is 39.3. The number of rotatable bonds is 40. The number of aliphatic hydroxyl groups excluding tert-OH is 4. The van der Waals surface area contributed by atoms with Gasteiger partial charge in [-0.3, -0.25) is 4.79 Å². The number of carbonyl (C=O) groups is 1. The van der Waals surface area contributed by atoms with Crippen LogP contribution >= 0.6 is 0 Å². The van der Waals surface area contributed by atoms with E-state index in [1.807, 2.05) is 0 Å². The highest BCUT2D eigenvalue weighted by Gasteiger charge is 2.44. The number of hydrogen-bond donors (Lipinski definition) is 4. The predicted octanol–water partition coefficient (Wildman–Crippen LogP) is 11.7. The van der Waals surface area contributed by atoms with Gasteiger partial charge in [0.15, 0.2) is 6.29 Å². The van der Waals surface area contributed by atoms with E-state index in [9.17, 15) is 25.2 Å².